The van der Waals surface area contributed by atoms with E-state index in [4.69, 9.17) is 23.2 Å². The van der Waals surface area contributed by atoms with Crippen LogP contribution in [0.2, 0.25) is 10.0 Å². The van der Waals surface area contributed by atoms with Gasteiger partial charge in [-0.05, 0) is 47.7 Å². The van der Waals surface area contributed by atoms with Crippen LogP contribution in [0.4, 0.5) is 0 Å². The van der Waals surface area contributed by atoms with E-state index in [1.807, 2.05) is 48.5 Å². The topological polar surface area (TPSA) is 49.4 Å². The molecule has 2 amide bonds. The van der Waals surface area contributed by atoms with E-state index in [9.17, 15) is 9.59 Å². The van der Waals surface area contributed by atoms with Crippen LogP contribution in [-0.4, -0.2) is 35.1 Å². The zero-order chi connectivity index (χ0) is 26.6. The third-order valence-electron chi connectivity index (χ3n) is 6.20. The molecule has 0 saturated carbocycles. The second-order valence-electron chi connectivity index (χ2n) is 9.03. The molecule has 3 aromatic carbocycles. The SMILES string of the molecule is CCCCNC(=O)C(Cc1ccccc1)N(Cc1ccc(Cl)cc1Cl)C(=O)CSCc1ccccc1C. The summed E-state index contributed by atoms with van der Waals surface area (Å²) in [5, 5.41) is 4.05. The van der Waals surface area contributed by atoms with Gasteiger partial charge in [0, 0.05) is 35.3 Å². The Morgan fingerprint density at radius 1 is 0.973 bits per heavy atom. The molecule has 37 heavy (non-hydrogen) atoms. The minimum Gasteiger partial charge on any atom is -0.354 e. The lowest BCUT2D eigenvalue weighted by molar-refractivity contribution is -0.139. The largest absolute Gasteiger partial charge is 0.354 e. The summed E-state index contributed by atoms with van der Waals surface area (Å²) >= 11 is 14.2. The third kappa shape index (κ3) is 9.10. The molecule has 0 heterocycles. The maximum Gasteiger partial charge on any atom is 0.243 e. The van der Waals surface area contributed by atoms with Gasteiger partial charge in [0.2, 0.25) is 11.8 Å². The van der Waals surface area contributed by atoms with Gasteiger partial charge < -0.3 is 10.2 Å². The van der Waals surface area contributed by atoms with Crippen molar-refractivity contribution in [3.8, 4) is 0 Å². The minimum absolute atomic E-state index is 0.101. The maximum absolute atomic E-state index is 13.7. The van der Waals surface area contributed by atoms with Crippen LogP contribution in [0.1, 0.15) is 42.0 Å². The van der Waals surface area contributed by atoms with Gasteiger partial charge in [0.25, 0.3) is 0 Å². The summed E-state index contributed by atoms with van der Waals surface area (Å²) in [5.74, 6) is 0.725. The maximum atomic E-state index is 13.7. The summed E-state index contributed by atoms with van der Waals surface area (Å²) in [6.07, 6.45) is 2.27. The summed E-state index contributed by atoms with van der Waals surface area (Å²) < 4.78 is 0. The summed E-state index contributed by atoms with van der Waals surface area (Å²) in [4.78, 5) is 28.9. The van der Waals surface area contributed by atoms with Crippen LogP contribution >= 0.6 is 35.0 Å². The van der Waals surface area contributed by atoms with E-state index in [-0.39, 0.29) is 24.1 Å². The lowest BCUT2D eigenvalue weighted by Gasteiger charge is -2.32. The molecule has 0 radical (unpaired) electrons. The van der Waals surface area contributed by atoms with Gasteiger partial charge in [-0.15, -0.1) is 11.8 Å². The number of thioether (sulfide) groups is 1. The van der Waals surface area contributed by atoms with Crippen molar-refractivity contribution in [1.82, 2.24) is 10.2 Å². The molecule has 0 bridgehead atoms. The predicted octanol–water partition coefficient (Wildman–Crippen LogP) is 7.09. The van der Waals surface area contributed by atoms with Gasteiger partial charge in [-0.25, -0.2) is 0 Å². The van der Waals surface area contributed by atoms with Crippen molar-refractivity contribution in [3.05, 3.63) is 105 Å². The van der Waals surface area contributed by atoms with E-state index < -0.39 is 6.04 Å². The van der Waals surface area contributed by atoms with Crippen molar-refractivity contribution >= 4 is 46.8 Å². The van der Waals surface area contributed by atoms with Crippen molar-refractivity contribution in [1.29, 1.82) is 0 Å². The fraction of sp³-hybridized carbons (Fsp3) is 0.333. The van der Waals surface area contributed by atoms with Crippen LogP contribution in [0, 0.1) is 6.92 Å². The highest BCUT2D eigenvalue weighted by atomic mass is 35.5. The molecule has 0 saturated heterocycles. The summed E-state index contributed by atoms with van der Waals surface area (Å²) in [6.45, 7) is 4.95. The lowest BCUT2D eigenvalue weighted by Crippen LogP contribution is -2.51. The second kappa shape index (κ2) is 15.1. The number of aryl methyl sites for hydroxylation is 1. The molecule has 4 nitrogen and oxygen atoms in total. The fourth-order valence-corrected chi connectivity index (χ4v) is 5.45. The summed E-state index contributed by atoms with van der Waals surface area (Å²) in [5.41, 5.74) is 4.14. The van der Waals surface area contributed by atoms with Crippen LogP contribution < -0.4 is 5.32 Å². The van der Waals surface area contributed by atoms with Gasteiger partial charge >= 0.3 is 0 Å². The monoisotopic (exact) mass is 556 g/mol. The van der Waals surface area contributed by atoms with Crippen molar-refractivity contribution in [2.75, 3.05) is 12.3 Å². The Labute approximate surface area is 234 Å². The first kappa shape index (κ1) is 29.1. The Hall–Kier alpha value is -2.47. The molecular formula is C30H34Cl2N2O2S. The van der Waals surface area contributed by atoms with Crippen LogP contribution in [0.5, 0.6) is 0 Å². The van der Waals surface area contributed by atoms with Crippen molar-refractivity contribution in [3.63, 3.8) is 0 Å². The Morgan fingerprint density at radius 3 is 2.41 bits per heavy atom. The molecular weight excluding hydrogens is 523 g/mol. The van der Waals surface area contributed by atoms with E-state index in [2.05, 4.69) is 31.3 Å². The number of benzene rings is 3. The highest BCUT2D eigenvalue weighted by molar-refractivity contribution is 7.99. The van der Waals surface area contributed by atoms with Crippen molar-refractivity contribution in [2.45, 2.75) is 51.4 Å². The van der Waals surface area contributed by atoms with Crippen LogP contribution in [-0.2, 0) is 28.3 Å². The molecule has 0 aliphatic heterocycles. The third-order valence-corrected chi connectivity index (χ3v) is 7.75. The Balaban J connectivity index is 1.87. The van der Waals surface area contributed by atoms with E-state index in [0.29, 0.717) is 23.0 Å². The summed E-state index contributed by atoms with van der Waals surface area (Å²) in [6, 6.07) is 22.6. The molecule has 0 aliphatic carbocycles. The average molecular weight is 558 g/mol. The smallest absolute Gasteiger partial charge is 0.243 e. The Kier molecular flexibility index (Phi) is 11.8. The minimum atomic E-state index is -0.669. The number of nitrogens with zero attached hydrogens (tertiary/aromatic N) is 1. The molecule has 196 valence electrons. The second-order valence-corrected chi connectivity index (χ2v) is 10.9. The molecule has 3 aromatic rings. The quantitative estimate of drug-likeness (QED) is 0.228. The average Bonchev–Trinajstić information content (AvgIpc) is 2.89. The van der Waals surface area contributed by atoms with Gasteiger partial charge in [-0.1, -0.05) is 97.2 Å². The van der Waals surface area contributed by atoms with E-state index in [1.165, 1.54) is 11.1 Å². The summed E-state index contributed by atoms with van der Waals surface area (Å²) in [7, 11) is 0. The number of unbranched alkanes of at least 4 members (excludes halogenated alkanes) is 1. The number of nitrogens with one attached hydrogen (secondary N) is 1. The standard InChI is InChI=1S/C30H34Cl2N2O2S/c1-3-4-16-33-30(36)28(17-23-11-6-5-7-12-23)34(19-24-14-15-26(31)18-27(24)32)29(35)21-37-20-25-13-9-8-10-22(25)2/h5-15,18,28H,3-4,16-17,19-21H2,1-2H3,(H,33,36). The highest BCUT2D eigenvalue weighted by Crippen LogP contribution is 2.25. The molecule has 0 spiro atoms. The molecule has 3 rings (SSSR count). The molecule has 1 atom stereocenters. The van der Waals surface area contributed by atoms with Gasteiger partial charge in [0.15, 0.2) is 0 Å². The zero-order valence-corrected chi connectivity index (χ0v) is 23.7. The molecule has 1 N–H and O–H groups in total. The molecule has 0 aliphatic rings. The molecule has 0 aromatic heterocycles. The fourth-order valence-electron chi connectivity index (χ4n) is 4.00. The normalized spacial score (nSPS) is 11.7. The molecule has 1 unspecified atom stereocenters. The van der Waals surface area contributed by atoms with Crippen molar-refractivity contribution in [2.24, 2.45) is 0 Å². The number of carbonyl (C=O) groups is 2. The lowest BCUT2D eigenvalue weighted by atomic mass is 10.0. The van der Waals surface area contributed by atoms with Gasteiger partial charge in [-0.2, -0.15) is 0 Å². The number of hydrogen-bond donors (Lipinski definition) is 1. The van der Waals surface area contributed by atoms with E-state index in [0.717, 1.165) is 29.7 Å². The number of amides is 2. The van der Waals surface area contributed by atoms with Gasteiger partial charge in [0.1, 0.15) is 6.04 Å². The number of carbonyl (C=O) groups excluding carboxylic acids is 2. The zero-order valence-electron chi connectivity index (χ0n) is 21.4. The first-order valence-electron chi connectivity index (χ1n) is 12.6. The van der Waals surface area contributed by atoms with E-state index >= 15 is 0 Å². The van der Waals surface area contributed by atoms with Gasteiger partial charge in [-0.3, -0.25) is 9.59 Å². The molecule has 7 heteroatoms. The number of hydrogen-bond acceptors (Lipinski definition) is 3. The van der Waals surface area contributed by atoms with Crippen LogP contribution in [0.15, 0.2) is 72.8 Å². The number of halogens is 2. The first-order chi connectivity index (χ1) is 17.9. The highest BCUT2D eigenvalue weighted by Gasteiger charge is 2.30. The van der Waals surface area contributed by atoms with E-state index in [1.54, 1.807) is 28.8 Å². The molecule has 0 fully saturated rings. The Bertz CT molecular complexity index is 1170. The van der Waals surface area contributed by atoms with Gasteiger partial charge in [0.05, 0.1) is 5.75 Å². The van der Waals surface area contributed by atoms with Crippen LogP contribution in [0.25, 0.3) is 0 Å². The Morgan fingerprint density at radius 2 is 1.70 bits per heavy atom. The van der Waals surface area contributed by atoms with Crippen molar-refractivity contribution < 1.29 is 9.59 Å². The number of rotatable bonds is 13. The van der Waals surface area contributed by atoms with Crippen LogP contribution in [0.3, 0.4) is 0 Å². The first-order valence-corrected chi connectivity index (χ1v) is 14.5. The predicted molar refractivity (Wildman–Crippen MR) is 156 cm³/mol.